The molecule has 0 spiro atoms. The van der Waals surface area contributed by atoms with Gasteiger partial charge < -0.3 is 4.74 Å². The molecule has 94 valence electrons. The molecular weight excluding hydrogens is 236 g/mol. The first kappa shape index (κ1) is 13.5. The lowest BCUT2D eigenvalue weighted by molar-refractivity contribution is 0.124. The summed E-state index contributed by atoms with van der Waals surface area (Å²) in [6.45, 7) is 5.00. The summed E-state index contributed by atoms with van der Waals surface area (Å²) in [5.74, 6) is -2.45. The van der Waals surface area contributed by atoms with Crippen LogP contribution < -0.4 is 4.74 Å². The lowest BCUT2D eigenvalue weighted by Crippen LogP contribution is -2.23. The molecule has 1 rings (SSSR count). The summed E-state index contributed by atoms with van der Waals surface area (Å²) in [7, 11) is 0. The predicted molar refractivity (Wildman–Crippen MR) is 56.9 cm³/mol. The number of halogens is 4. The van der Waals surface area contributed by atoms with Crippen LogP contribution in [0.5, 0.6) is 5.75 Å². The zero-order chi connectivity index (χ0) is 13.2. The Bertz CT molecular complexity index is 443. The molecule has 1 nitrogen and oxygen atoms in total. The van der Waals surface area contributed by atoms with Crippen LogP contribution in [0.1, 0.15) is 26.3 Å². The van der Waals surface area contributed by atoms with Crippen LogP contribution in [0.3, 0.4) is 0 Å². The largest absolute Gasteiger partial charge is 0.485 e. The number of rotatable bonds is 2. The molecule has 5 heteroatoms. The maximum absolute atomic E-state index is 13.7. The van der Waals surface area contributed by atoms with Crippen LogP contribution in [0.15, 0.2) is 18.2 Å². The number of benzene rings is 1. The Labute approximate surface area is 96.7 Å². The summed E-state index contributed by atoms with van der Waals surface area (Å²) in [5, 5.41) is 0. The van der Waals surface area contributed by atoms with Crippen molar-refractivity contribution in [1.29, 1.82) is 0 Å². The van der Waals surface area contributed by atoms with Gasteiger partial charge in [0, 0.05) is 6.08 Å². The van der Waals surface area contributed by atoms with Crippen LogP contribution in [-0.4, -0.2) is 5.60 Å². The standard InChI is InChI=1S/C12H12F4O/c1-12(2,3)17-9-5-4-8(13)7(11(9)16)6-10(14)15/h4-6H,1-3H3. The topological polar surface area (TPSA) is 9.23 Å². The Morgan fingerprint density at radius 1 is 1.18 bits per heavy atom. The first-order valence-corrected chi connectivity index (χ1v) is 4.90. The molecule has 0 aliphatic heterocycles. The number of ether oxygens (including phenoxy) is 1. The lowest BCUT2D eigenvalue weighted by Gasteiger charge is -2.22. The van der Waals surface area contributed by atoms with Crippen LogP contribution in [0, 0.1) is 11.6 Å². The van der Waals surface area contributed by atoms with Crippen molar-refractivity contribution in [2.24, 2.45) is 0 Å². The Morgan fingerprint density at radius 2 is 1.76 bits per heavy atom. The molecule has 0 fully saturated rings. The van der Waals surface area contributed by atoms with Gasteiger partial charge in [0.05, 0.1) is 5.56 Å². The summed E-state index contributed by atoms with van der Waals surface area (Å²) in [5.41, 5.74) is -1.50. The maximum atomic E-state index is 13.7. The van der Waals surface area contributed by atoms with Crippen LogP contribution in [0.25, 0.3) is 6.08 Å². The van der Waals surface area contributed by atoms with Gasteiger partial charge in [0.25, 0.3) is 6.08 Å². The van der Waals surface area contributed by atoms with E-state index < -0.39 is 28.9 Å². The molecule has 0 amide bonds. The van der Waals surface area contributed by atoms with E-state index in [1.54, 1.807) is 20.8 Å². The quantitative estimate of drug-likeness (QED) is 0.706. The van der Waals surface area contributed by atoms with E-state index in [2.05, 4.69) is 0 Å². The third-order valence-corrected chi connectivity index (χ3v) is 1.76. The summed E-state index contributed by atoms with van der Waals surface area (Å²) >= 11 is 0. The first-order chi connectivity index (χ1) is 7.70. The lowest BCUT2D eigenvalue weighted by atomic mass is 10.1. The molecule has 0 radical (unpaired) electrons. The van der Waals surface area contributed by atoms with E-state index in [1.807, 2.05) is 0 Å². The van der Waals surface area contributed by atoms with Crippen molar-refractivity contribution in [3.8, 4) is 5.75 Å². The fraction of sp³-hybridized carbons (Fsp3) is 0.333. The second kappa shape index (κ2) is 4.77. The molecule has 0 atom stereocenters. The molecule has 0 aliphatic carbocycles. The van der Waals surface area contributed by atoms with Gasteiger partial charge in [-0.05, 0) is 32.9 Å². The van der Waals surface area contributed by atoms with Crippen molar-refractivity contribution in [2.75, 3.05) is 0 Å². The van der Waals surface area contributed by atoms with Gasteiger partial charge >= 0.3 is 0 Å². The summed E-state index contributed by atoms with van der Waals surface area (Å²) in [6, 6.07) is 1.96. The second-order valence-electron chi connectivity index (χ2n) is 4.42. The SMILES string of the molecule is CC(C)(C)Oc1ccc(F)c(C=C(F)F)c1F. The highest BCUT2D eigenvalue weighted by molar-refractivity contribution is 5.54. The predicted octanol–water partition coefficient (Wildman–Crippen LogP) is 4.38. The molecule has 1 aromatic rings. The average molecular weight is 248 g/mol. The molecule has 0 unspecified atom stereocenters. The first-order valence-electron chi connectivity index (χ1n) is 4.90. The van der Waals surface area contributed by atoms with Gasteiger partial charge in [0.15, 0.2) is 11.6 Å². The van der Waals surface area contributed by atoms with Crippen molar-refractivity contribution in [3.05, 3.63) is 35.4 Å². The van der Waals surface area contributed by atoms with Gasteiger partial charge in [-0.3, -0.25) is 0 Å². The van der Waals surface area contributed by atoms with Crippen LogP contribution >= 0.6 is 0 Å². The van der Waals surface area contributed by atoms with Crippen LogP contribution in [0.4, 0.5) is 17.6 Å². The highest BCUT2D eigenvalue weighted by Gasteiger charge is 2.19. The number of hydrogen-bond acceptors (Lipinski definition) is 1. The van der Waals surface area contributed by atoms with E-state index in [0.717, 1.165) is 12.1 Å². The molecule has 0 saturated heterocycles. The molecule has 0 N–H and O–H groups in total. The average Bonchev–Trinajstić information content (AvgIpc) is 2.15. The van der Waals surface area contributed by atoms with Gasteiger partial charge in [-0.1, -0.05) is 0 Å². The molecule has 0 bridgehead atoms. The van der Waals surface area contributed by atoms with E-state index in [0.29, 0.717) is 0 Å². The van der Waals surface area contributed by atoms with Gasteiger partial charge in [-0.2, -0.15) is 8.78 Å². The Hall–Kier alpha value is -1.52. The smallest absolute Gasteiger partial charge is 0.271 e. The molecule has 1 aromatic carbocycles. The van der Waals surface area contributed by atoms with E-state index in [4.69, 9.17) is 4.74 Å². The molecular formula is C12H12F4O. The zero-order valence-electron chi connectivity index (χ0n) is 9.65. The maximum Gasteiger partial charge on any atom is 0.271 e. The van der Waals surface area contributed by atoms with Crippen molar-refractivity contribution < 1.29 is 22.3 Å². The fourth-order valence-corrected chi connectivity index (χ4v) is 1.20. The van der Waals surface area contributed by atoms with E-state index in [1.165, 1.54) is 0 Å². The highest BCUT2D eigenvalue weighted by atomic mass is 19.3. The zero-order valence-corrected chi connectivity index (χ0v) is 9.65. The monoisotopic (exact) mass is 248 g/mol. The van der Waals surface area contributed by atoms with Gasteiger partial charge in [-0.15, -0.1) is 0 Å². The Kier molecular flexibility index (Phi) is 3.80. The van der Waals surface area contributed by atoms with E-state index in [-0.39, 0.29) is 11.8 Å². The van der Waals surface area contributed by atoms with Gasteiger partial charge in [0.2, 0.25) is 0 Å². The van der Waals surface area contributed by atoms with Gasteiger partial charge in [-0.25, -0.2) is 8.78 Å². The van der Waals surface area contributed by atoms with Crippen molar-refractivity contribution in [1.82, 2.24) is 0 Å². The van der Waals surface area contributed by atoms with E-state index in [9.17, 15) is 17.6 Å². The van der Waals surface area contributed by atoms with Crippen molar-refractivity contribution in [2.45, 2.75) is 26.4 Å². The Morgan fingerprint density at radius 3 is 2.24 bits per heavy atom. The molecule has 0 aliphatic rings. The minimum absolute atomic E-state index is 0.139. The van der Waals surface area contributed by atoms with Crippen LogP contribution in [-0.2, 0) is 0 Å². The minimum Gasteiger partial charge on any atom is -0.485 e. The molecule has 17 heavy (non-hydrogen) atoms. The molecule has 0 aromatic heterocycles. The third-order valence-electron chi connectivity index (χ3n) is 1.76. The summed E-state index contributed by atoms with van der Waals surface area (Å²) < 4.78 is 56.1. The Balaban J connectivity index is 3.24. The van der Waals surface area contributed by atoms with Crippen molar-refractivity contribution >= 4 is 6.08 Å². The fourth-order valence-electron chi connectivity index (χ4n) is 1.20. The second-order valence-corrected chi connectivity index (χ2v) is 4.42. The number of hydrogen-bond donors (Lipinski definition) is 0. The third kappa shape index (κ3) is 3.76. The van der Waals surface area contributed by atoms with Crippen molar-refractivity contribution in [3.63, 3.8) is 0 Å². The van der Waals surface area contributed by atoms with Gasteiger partial charge in [0.1, 0.15) is 11.4 Å². The van der Waals surface area contributed by atoms with Crippen LogP contribution in [0.2, 0.25) is 0 Å². The summed E-state index contributed by atoms with van der Waals surface area (Å²) in [4.78, 5) is 0. The molecule has 0 heterocycles. The minimum atomic E-state index is -2.17. The summed E-state index contributed by atoms with van der Waals surface area (Å²) in [6.07, 6.45) is -2.03. The molecule has 0 saturated carbocycles. The normalized spacial score (nSPS) is 11.2. The van der Waals surface area contributed by atoms with E-state index >= 15 is 0 Å². The highest BCUT2D eigenvalue weighted by Crippen LogP contribution is 2.28.